The average Bonchev–Trinajstić information content (AvgIpc) is 2.45. The zero-order chi connectivity index (χ0) is 13.1. The van der Waals surface area contributed by atoms with Crippen molar-refractivity contribution in [1.82, 2.24) is 0 Å². The van der Waals surface area contributed by atoms with E-state index in [0.29, 0.717) is 5.56 Å². The van der Waals surface area contributed by atoms with E-state index in [0.717, 1.165) is 12.0 Å². The molecule has 0 unspecified atom stereocenters. The van der Waals surface area contributed by atoms with Crippen molar-refractivity contribution < 1.29 is 9.53 Å². The molecule has 0 saturated carbocycles. The predicted octanol–water partition coefficient (Wildman–Crippen LogP) is 3.70. The number of rotatable bonds is 1. The summed E-state index contributed by atoms with van der Waals surface area (Å²) in [6.45, 7) is 0. The number of benzene rings is 2. The van der Waals surface area contributed by atoms with E-state index in [4.69, 9.17) is 4.74 Å². The van der Waals surface area contributed by atoms with Crippen LogP contribution in [0.2, 0.25) is 0 Å². The number of carbonyl (C=O) groups is 1. The summed E-state index contributed by atoms with van der Waals surface area (Å²) in [6.07, 6.45) is 4.27. The van der Waals surface area contributed by atoms with Gasteiger partial charge in [-0.05, 0) is 29.7 Å². The maximum absolute atomic E-state index is 11.8. The average molecular weight is 250 g/mol. The summed E-state index contributed by atoms with van der Waals surface area (Å²) in [7, 11) is 0. The van der Waals surface area contributed by atoms with Crippen LogP contribution in [0.3, 0.4) is 0 Å². The highest BCUT2D eigenvalue weighted by Gasteiger charge is 2.18. The molecular formula is C17H14O2. The van der Waals surface area contributed by atoms with E-state index < -0.39 is 0 Å². The van der Waals surface area contributed by atoms with Crippen LogP contribution in [0, 0.1) is 0 Å². The van der Waals surface area contributed by atoms with Crippen molar-refractivity contribution in [3.8, 4) is 0 Å². The first-order chi connectivity index (χ1) is 9.34. The van der Waals surface area contributed by atoms with Crippen LogP contribution in [0.25, 0.3) is 0 Å². The molecule has 3 rings (SSSR count). The molecule has 0 aliphatic carbocycles. The van der Waals surface area contributed by atoms with Crippen molar-refractivity contribution in [3.63, 3.8) is 0 Å². The summed E-state index contributed by atoms with van der Waals surface area (Å²) in [5.41, 5.74) is 2.92. The Bertz CT molecular complexity index is 614. The van der Waals surface area contributed by atoms with Crippen molar-refractivity contribution >= 4 is 5.97 Å². The Morgan fingerprint density at radius 3 is 2.53 bits per heavy atom. The van der Waals surface area contributed by atoms with Gasteiger partial charge < -0.3 is 4.74 Å². The maximum atomic E-state index is 11.8. The number of fused-ring (bicyclic) bond motifs is 1. The Morgan fingerprint density at radius 2 is 1.68 bits per heavy atom. The lowest BCUT2D eigenvalue weighted by Gasteiger charge is -2.17. The van der Waals surface area contributed by atoms with Gasteiger partial charge in [-0.3, -0.25) is 0 Å². The summed E-state index contributed by atoms with van der Waals surface area (Å²) in [5, 5.41) is 0. The molecule has 0 aromatic heterocycles. The largest absolute Gasteiger partial charge is 0.431 e. The number of ether oxygens (including phenoxy) is 1. The first-order valence-electron chi connectivity index (χ1n) is 6.35. The Morgan fingerprint density at radius 1 is 0.947 bits per heavy atom. The first kappa shape index (κ1) is 11.7. The summed E-state index contributed by atoms with van der Waals surface area (Å²) < 4.78 is 5.14. The lowest BCUT2D eigenvalue weighted by molar-refractivity contribution is 0.0658. The molecule has 2 aromatic carbocycles. The van der Waals surface area contributed by atoms with E-state index in [2.05, 4.69) is 12.1 Å². The number of esters is 1. The van der Waals surface area contributed by atoms with Gasteiger partial charge in [-0.1, -0.05) is 48.5 Å². The minimum absolute atomic E-state index is 0.232. The van der Waals surface area contributed by atoms with Crippen LogP contribution in [-0.2, 0) is 11.2 Å². The lowest BCUT2D eigenvalue weighted by Crippen LogP contribution is -2.11. The molecule has 2 heteroatoms. The fraction of sp³-hybridized carbons (Fsp3) is 0.118. The molecule has 2 nitrogen and oxygen atoms in total. The topological polar surface area (TPSA) is 26.3 Å². The quantitative estimate of drug-likeness (QED) is 0.721. The third kappa shape index (κ3) is 2.43. The standard InChI is InChI=1S/C17H14O2/c18-17-16-9-5-4-8-15(16)12-14(10-11-19-17)13-6-2-1-3-7-13/h1-11,14H,12H2/t14-/m0/s1. The molecule has 94 valence electrons. The van der Waals surface area contributed by atoms with Gasteiger partial charge in [0.2, 0.25) is 0 Å². The molecule has 19 heavy (non-hydrogen) atoms. The number of allylic oxidation sites excluding steroid dienone is 1. The van der Waals surface area contributed by atoms with Crippen LogP contribution in [0.5, 0.6) is 0 Å². The Kier molecular flexibility index (Phi) is 3.15. The van der Waals surface area contributed by atoms with Gasteiger partial charge in [0, 0.05) is 5.92 Å². The van der Waals surface area contributed by atoms with Gasteiger partial charge in [-0.2, -0.15) is 0 Å². The monoisotopic (exact) mass is 250 g/mol. The molecule has 0 N–H and O–H groups in total. The molecule has 2 aromatic rings. The van der Waals surface area contributed by atoms with Gasteiger partial charge in [0.15, 0.2) is 0 Å². The molecule has 0 saturated heterocycles. The van der Waals surface area contributed by atoms with E-state index in [-0.39, 0.29) is 11.9 Å². The number of hydrogen-bond acceptors (Lipinski definition) is 2. The van der Waals surface area contributed by atoms with Gasteiger partial charge in [0.1, 0.15) is 0 Å². The normalized spacial score (nSPS) is 18.1. The molecule has 0 bridgehead atoms. The van der Waals surface area contributed by atoms with E-state index >= 15 is 0 Å². The summed E-state index contributed by atoms with van der Waals surface area (Å²) in [4.78, 5) is 11.8. The fourth-order valence-electron chi connectivity index (χ4n) is 2.39. The number of cyclic esters (lactones) is 1. The van der Waals surface area contributed by atoms with E-state index in [1.165, 1.54) is 11.8 Å². The van der Waals surface area contributed by atoms with Crippen molar-refractivity contribution in [2.45, 2.75) is 12.3 Å². The Balaban J connectivity index is 2.00. The SMILES string of the molecule is O=C1OC=C[C@H](c2ccccc2)Cc2ccccc21. The second-order valence-electron chi connectivity index (χ2n) is 4.61. The number of carbonyl (C=O) groups excluding carboxylic acids is 1. The second-order valence-corrected chi connectivity index (χ2v) is 4.61. The molecule has 0 amide bonds. The zero-order valence-corrected chi connectivity index (χ0v) is 10.5. The maximum Gasteiger partial charge on any atom is 0.343 e. The van der Waals surface area contributed by atoms with Gasteiger partial charge in [-0.15, -0.1) is 0 Å². The second kappa shape index (κ2) is 5.11. The molecule has 1 atom stereocenters. The molecule has 1 heterocycles. The molecule has 0 spiro atoms. The number of hydrogen-bond donors (Lipinski definition) is 0. The van der Waals surface area contributed by atoms with Gasteiger partial charge >= 0.3 is 5.97 Å². The summed E-state index contributed by atoms with van der Waals surface area (Å²) in [5.74, 6) is -0.0474. The zero-order valence-electron chi connectivity index (χ0n) is 10.5. The third-order valence-corrected chi connectivity index (χ3v) is 3.39. The van der Waals surface area contributed by atoms with Gasteiger partial charge in [0.05, 0.1) is 11.8 Å². The molecule has 0 fully saturated rings. The van der Waals surface area contributed by atoms with Gasteiger partial charge in [0.25, 0.3) is 0 Å². The highest BCUT2D eigenvalue weighted by molar-refractivity contribution is 5.91. The molecule has 0 radical (unpaired) electrons. The van der Waals surface area contributed by atoms with Crippen molar-refractivity contribution in [3.05, 3.63) is 83.6 Å². The summed E-state index contributed by atoms with van der Waals surface area (Å²) in [6, 6.07) is 17.9. The highest BCUT2D eigenvalue weighted by atomic mass is 16.5. The molecular weight excluding hydrogens is 236 g/mol. The Labute approximate surface area is 112 Å². The minimum Gasteiger partial charge on any atom is -0.431 e. The summed E-state index contributed by atoms with van der Waals surface area (Å²) >= 11 is 0. The predicted molar refractivity (Wildman–Crippen MR) is 73.9 cm³/mol. The minimum atomic E-state index is -0.279. The van der Waals surface area contributed by atoms with Crippen LogP contribution in [0.1, 0.15) is 27.4 Å². The molecule has 1 aliphatic heterocycles. The van der Waals surface area contributed by atoms with Crippen molar-refractivity contribution in [2.24, 2.45) is 0 Å². The van der Waals surface area contributed by atoms with Crippen LogP contribution >= 0.6 is 0 Å². The van der Waals surface area contributed by atoms with Crippen molar-refractivity contribution in [2.75, 3.05) is 0 Å². The fourth-order valence-corrected chi connectivity index (χ4v) is 2.39. The van der Waals surface area contributed by atoms with Crippen molar-refractivity contribution in [1.29, 1.82) is 0 Å². The van der Waals surface area contributed by atoms with Crippen LogP contribution < -0.4 is 0 Å². The Hall–Kier alpha value is -2.35. The van der Waals surface area contributed by atoms with Gasteiger partial charge in [-0.25, -0.2) is 4.79 Å². The first-order valence-corrected chi connectivity index (χ1v) is 6.35. The van der Waals surface area contributed by atoms with E-state index in [1.54, 1.807) is 0 Å². The van der Waals surface area contributed by atoms with Crippen LogP contribution in [0.4, 0.5) is 0 Å². The van der Waals surface area contributed by atoms with E-state index in [1.807, 2.05) is 48.5 Å². The van der Waals surface area contributed by atoms with Crippen LogP contribution in [0.15, 0.2) is 66.9 Å². The van der Waals surface area contributed by atoms with Crippen LogP contribution in [-0.4, -0.2) is 5.97 Å². The highest BCUT2D eigenvalue weighted by Crippen LogP contribution is 2.26. The molecule has 1 aliphatic rings. The third-order valence-electron chi connectivity index (χ3n) is 3.39. The smallest absolute Gasteiger partial charge is 0.343 e. The lowest BCUT2D eigenvalue weighted by atomic mass is 9.89. The van der Waals surface area contributed by atoms with E-state index in [9.17, 15) is 4.79 Å².